The standard InChI is InChI=1S/C8H13N3O/c1-3-8(12)9-4-7-6(2)10-5-11-7/h5H,3-4H2,1-2H3,(H,9,12)(H,10,11). The van der Waals surface area contributed by atoms with Crippen molar-refractivity contribution in [2.75, 3.05) is 0 Å². The van der Waals surface area contributed by atoms with Crippen LogP contribution in [0, 0.1) is 6.92 Å². The topological polar surface area (TPSA) is 57.8 Å². The summed E-state index contributed by atoms with van der Waals surface area (Å²) in [4.78, 5) is 17.9. The molecule has 0 aromatic carbocycles. The fraction of sp³-hybridized carbons (Fsp3) is 0.500. The summed E-state index contributed by atoms with van der Waals surface area (Å²) < 4.78 is 0. The smallest absolute Gasteiger partial charge is 0.220 e. The molecule has 1 amide bonds. The Morgan fingerprint density at radius 1 is 1.75 bits per heavy atom. The molecule has 4 heteroatoms. The third-order valence-electron chi connectivity index (χ3n) is 1.71. The summed E-state index contributed by atoms with van der Waals surface area (Å²) in [6.45, 7) is 4.27. The summed E-state index contributed by atoms with van der Waals surface area (Å²) in [5, 5.41) is 2.75. The van der Waals surface area contributed by atoms with Gasteiger partial charge in [-0.2, -0.15) is 0 Å². The van der Waals surface area contributed by atoms with Crippen LogP contribution in [0.1, 0.15) is 24.7 Å². The highest BCUT2D eigenvalue weighted by molar-refractivity contribution is 5.75. The average molecular weight is 167 g/mol. The largest absolute Gasteiger partial charge is 0.350 e. The number of aryl methyl sites for hydroxylation is 1. The van der Waals surface area contributed by atoms with Crippen LogP contribution < -0.4 is 5.32 Å². The first-order valence-electron chi connectivity index (χ1n) is 3.99. The summed E-state index contributed by atoms with van der Waals surface area (Å²) in [5.74, 6) is 0.0531. The van der Waals surface area contributed by atoms with Gasteiger partial charge in [-0.25, -0.2) is 4.98 Å². The number of nitrogens with one attached hydrogen (secondary N) is 2. The molecule has 0 spiro atoms. The minimum Gasteiger partial charge on any atom is -0.350 e. The number of carbonyl (C=O) groups excluding carboxylic acids is 1. The van der Waals surface area contributed by atoms with Gasteiger partial charge in [0.05, 0.1) is 18.6 Å². The first kappa shape index (κ1) is 8.77. The van der Waals surface area contributed by atoms with Crippen molar-refractivity contribution in [3.8, 4) is 0 Å². The van der Waals surface area contributed by atoms with E-state index in [4.69, 9.17) is 0 Å². The summed E-state index contributed by atoms with van der Waals surface area (Å²) >= 11 is 0. The van der Waals surface area contributed by atoms with Gasteiger partial charge in [-0.15, -0.1) is 0 Å². The molecular weight excluding hydrogens is 154 g/mol. The van der Waals surface area contributed by atoms with Crippen molar-refractivity contribution in [1.29, 1.82) is 0 Å². The zero-order valence-electron chi connectivity index (χ0n) is 7.35. The van der Waals surface area contributed by atoms with E-state index in [-0.39, 0.29) is 5.91 Å². The molecule has 0 unspecified atom stereocenters. The molecule has 2 N–H and O–H groups in total. The second kappa shape index (κ2) is 3.90. The number of imidazole rings is 1. The summed E-state index contributed by atoms with van der Waals surface area (Å²) in [5.41, 5.74) is 1.91. The van der Waals surface area contributed by atoms with Gasteiger partial charge in [0.2, 0.25) is 5.91 Å². The van der Waals surface area contributed by atoms with E-state index < -0.39 is 0 Å². The van der Waals surface area contributed by atoms with Crippen molar-refractivity contribution in [2.24, 2.45) is 0 Å². The molecule has 1 aromatic heterocycles. The number of hydrogen-bond acceptors (Lipinski definition) is 2. The van der Waals surface area contributed by atoms with Gasteiger partial charge in [0, 0.05) is 12.1 Å². The van der Waals surface area contributed by atoms with Gasteiger partial charge < -0.3 is 10.3 Å². The highest BCUT2D eigenvalue weighted by Gasteiger charge is 2.01. The fourth-order valence-corrected chi connectivity index (χ4v) is 0.873. The first-order chi connectivity index (χ1) is 5.74. The average Bonchev–Trinajstić information content (AvgIpc) is 2.47. The summed E-state index contributed by atoms with van der Waals surface area (Å²) in [6.07, 6.45) is 2.15. The number of aromatic nitrogens is 2. The van der Waals surface area contributed by atoms with Crippen LogP contribution in [-0.2, 0) is 11.3 Å². The van der Waals surface area contributed by atoms with Crippen LogP contribution in [0.2, 0.25) is 0 Å². The number of amides is 1. The van der Waals surface area contributed by atoms with Gasteiger partial charge in [0.15, 0.2) is 0 Å². The van der Waals surface area contributed by atoms with Crippen LogP contribution in [0.25, 0.3) is 0 Å². The van der Waals surface area contributed by atoms with Crippen LogP contribution in [-0.4, -0.2) is 15.9 Å². The Balaban J connectivity index is 2.43. The van der Waals surface area contributed by atoms with E-state index in [9.17, 15) is 4.79 Å². The minimum atomic E-state index is 0.0531. The van der Waals surface area contributed by atoms with Crippen LogP contribution >= 0.6 is 0 Å². The monoisotopic (exact) mass is 167 g/mol. The van der Waals surface area contributed by atoms with Crippen molar-refractivity contribution in [3.63, 3.8) is 0 Å². The predicted octanol–water partition coefficient (Wildman–Crippen LogP) is 0.744. The molecule has 0 bridgehead atoms. The molecule has 0 aliphatic carbocycles. The Kier molecular flexibility index (Phi) is 2.85. The van der Waals surface area contributed by atoms with E-state index in [1.807, 2.05) is 13.8 Å². The molecule has 1 aromatic rings. The SMILES string of the molecule is CCC(=O)NCc1nc[nH]c1C. The maximum absolute atomic E-state index is 10.9. The minimum absolute atomic E-state index is 0.0531. The Hall–Kier alpha value is -1.32. The molecule has 0 saturated heterocycles. The molecule has 0 atom stereocenters. The van der Waals surface area contributed by atoms with E-state index in [0.717, 1.165) is 11.4 Å². The lowest BCUT2D eigenvalue weighted by Crippen LogP contribution is -2.21. The van der Waals surface area contributed by atoms with Gasteiger partial charge >= 0.3 is 0 Å². The maximum Gasteiger partial charge on any atom is 0.220 e. The molecule has 0 radical (unpaired) electrons. The molecule has 1 rings (SSSR count). The Morgan fingerprint density at radius 3 is 3.00 bits per heavy atom. The Bertz CT molecular complexity index is 267. The molecule has 0 saturated carbocycles. The molecule has 0 fully saturated rings. The van der Waals surface area contributed by atoms with Crippen LogP contribution in [0.4, 0.5) is 0 Å². The zero-order valence-corrected chi connectivity index (χ0v) is 7.35. The van der Waals surface area contributed by atoms with E-state index >= 15 is 0 Å². The summed E-state index contributed by atoms with van der Waals surface area (Å²) in [6, 6.07) is 0. The Morgan fingerprint density at radius 2 is 2.50 bits per heavy atom. The molecular formula is C8H13N3O. The summed E-state index contributed by atoms with van der Waals surface area (Å²) in [7, 11) is 0. The number of hydrogen-bond donors (Lipinski definition) is 2. The lowest BCUT2D eigenvalue weighted by molar-refractivity contribution is -0.120. The second-order valence-electron chi connectivity index (χ2n) is 2.60. The van der Waals surface area contributed by atoms with Gasteiger partial charge in [-0.3, -0.25) is 4.79 Å². The number of rotatable bonds is 3. The maximum atomic E-state index is 10.9. The van der Waals surface area contributed by atoms with Gasteiger partial charge in [0.25, 0.3) is 0 Å². The molecule has 0 aliphatic heterocycles. The van der Waals surface area contributed by atoms with Gasteiger partial charge in [0.1, 0.15) is 0 Å². The van der Waals surface area contributed by atoms with Gasteiger partial charge in [-0.05, 0) is 6.92 Å². The highest BCUT2D eigenvalue weighted by Crippen LogP contribution is 1.98. The molecule has 12 heavy (non-hydrogen) atoms. The number of carbonyl (C=O) groups is 1. The third-order valence-corrected chi connectivity index (χ3v) is 1.71. The normalized spacial score (nSPS) is 9.83. The highest BCUT2D eigenvalue weighted by atomic mass is 16.1. The van der Waals surface area contributed by atoms with E-state index in [0.29, 0.717) is 13.0 Å². The van der Waals surface area contributed by atoms with Crippen molar-refractivity contribution in [3.05, 3.63) is 17.7 Å². The van der Waals surface area contributed by atoms with Crippen LogP contribution in [0.3, 0.4) is 0 Å². The Labute approximate surface area is 71.4 Å². The quantitative estimate of drug-likeness (QED) is 0.697. The van der Waals surface area contributed by atoms with E-state index in [2.05, 4.69) is 15.3 Å². The molecule has 66 valence electrons. The third kappa shape index (κ3) is 2.08. The predicted molar refractivity (Wildman–Crippen MR) is 45.5 cm³/mol. The van der Waals surface area contributed by atoms with E-state index in [1.54, 1.807) is 6.33 Å². The van der Waals surface area contributed by atoms with Crippen molar-refractivity contribution >= 4 is 5.91 Å². The second-order valence-corrected chi connectivity index (χ2v) is 2.60. The first-order valence-corrected chi connectivity index (χ1v) is 3.99. The van der Waals surface area contributed by atoms with Crippen LogP contribution in [0.5, 0.6) is 0 Å². The number of nitrogens with zero attached hydrogens (tertiary/aromatic N) is 1. The fourth-order valence-electron chi connectivity index (χ4n) is 0.873. The van der Waals surface area contributed by atoms with Crippen molar-refractivity contribution in [1.82, 2.24) is 15.3 Å². The molecule has 4 nitrogen and oxygen atoms in total. The number of aromatic amines is 1. The zero-order chi connectivity index (χ0) is 8.97. The van der Waals surface area contributed by atoms with Crippen LogP contribution in [0.15, 0.2) is 6.33 Å². The van der Waals surface area contributed by atoms with E-state index in [1.165, 1.54) is 0 Å². The lowest BCUT2D eigenvalue weighted by atomic mass is 10.3. The lowest BCUT2D eigenvalue weighted by Gasteiger charge is -2.00. The van der Waals surface area contributed by atoms with Gasteiger partial charge in [-0.1, -0.05) is 6.92 Å². The van der Waals surface area contributed by atoms with Crippen molar-refractivity contribution < 1.29 is 4.79 Å². The molecule has 0 aliphatic rings. The number of H-pyrrole nitrogens is 1. The van der Waals surface area contributed by atoms with Crippen molar-refractivity contribution in [2.45, 2.75) is 26.8 Å². The molecule has 1 heterocycles.